The Morgan fingerprint density at radius 3 is 2.69 bits per heavy atom. The minimum atomic E-state index is 0.142. The predicted molar refractivity (Wildman–Crippen MR) is 66.4 cm³/mol. The van der Waals surface area contributed by atoms with Crippen LogP contribution in [0.1, 0.15) is 26.2 Å². The molecule has 1 rings (SSSR count). The van der Waals surface area contributed by atoms with Gasteiger partial charge in [-0.25, -0.2) is 0 Å². The summed E-state index contributed by atoms with van der Waals surface area (Å²) >= 11 is 0. The quantitative estimate of drug-likeness (QED) is 0.692. The summed E-state index contributed by atoms with van der Waals surface area (Å²) in [5.41, 5.74) is 0. The fourth-order valence-corrected chi connectivity index (χ4v) is 2.19. The van der Waals surface area contributed by atoms with E-state index in [9.17, 15) is 4.79 Å². The number of rotatable bonds is 6. The topological polar surface area (TPSA) is 44.4 Å². The molecule has 0 bridgehead atoms. The molecular formula is C12H25N3O. The van der Waals surface area contributed by atoms with Gasteiger partial charge in [0, 0.05) is 26.6 Å². The van der Waals surface area contributed by atoms with Gasteiger partial charge in [0.2, 0.25) is 5.91 Å². The van der Waals surface area contributed by atoms with E-state index < -0.39 is 0 Å². The average Bonchev–Trinajstić information content (AvgIpc) is 2.35. The summed E-state index contributed by atoms with van der Waals surface area (Å²) in [7, 11) is 1.70. The van der Waals surface area contributed by atoms with Gasteiger partial charge in [-0.1, -0.05) is 6.92 Å². The average molecular weight is 227 g/mol. The van der Waals surface area contributed by atoms with Crippen LogP contribution < -0.4 is 10.6 Å². The summed E-state index contributed by atoms with van der Waals surface area (Å²) in [6.07, 6.45) is 3.17. The van der Waals surface area contributed by atoms with E-state index in [1.807, 2.05) is 0 Å². The van der Waals surface area contributed by atoms with Crippen molar-refractivity contribution < 1.29 is 4.79 Å². The van der Waals surface area contributed by atoms with Crippen LogP contribution in [0.4, 0.5) is 0 Å². The molecule has 2 N–H and O–H groups in total. The third-order valence-corrected chi connectivity index (χ3v) is 3.36. The smallest absolute Gasteiger partial charge is 0.221 e. The molecule has 0 aromatic rings. The van der Waals surface area contributed by atoms with Crippen molar-refractivity contribution in [2.24, 2.45) is 5.92 Å². The van der Waals surface area contributed by atoms with Crippen molar-refractivity contribution in [1.82, 2.24) is 15.5 Å². The summed E-state index contributed by atoms with van der Waals surface area (Å²) in [5.74, 6) is 0.953. The first-order valence-corrected chi connectivity index (χ1v) is 6.40. The number of hydrogen-bond donors (Lipinski definition) is 2. The van der Waals surface area contributed by atoms with Gasteiger partial charge in [-0.05, 0) is 38.4 Å². The molecule has 0 aromatic heterocycles. The van der Waals surface area contributed by atoms with E-state index in [4.69, 9.17) is 0 Å². The lowest BCUT2D eigenvalue weighted by Crippen LogP contribution is -2.37. The van der Waals surface area contributed by atoms with Crippen molar-refractivity contribution in [3.05, 3.63) is 0 Å². The van der Waals surface area contributed by atoms with Gasteiger partial charge in [-0.3, -0.25) is 4.79 Å². The van der Waals surface area contributed by atoms with E-state index in [0.717, 1.165) is 38.6 Å². The van der Waals surface area contributed by atoms with Gasteiger partial charge in [0.25, 0.3) is 0 Å². The van der Waals surface area contributed by atoms with Crippen molar-refractivity contribution in [1.29, 1.82) is 0 Å². The molecule has 0 spiro atoms. The number of amides is 1. The van der Waals surface area contributed by atoms with Crippen LogP contribution in [0.5, 0.6) is 0 Å². The van der Waals surface area contributed by atoms with Gasteiger partial charge in [-0.2, -0.15) is 0 Å². The summed E-state index contributed by atoms with van der Waals surface area (Å²) in [6.45, 7) is 7.55. The number of carbonyl (C=O) groups excluding carboxylic acids is 1. The zero-order chi connectivity index (χ0) is 11.8. The fraction of sp³-hybridized carbons (Fsp3) is 0.917. The first-order valence-electron chi connectivity index (χ1n) is 6.40. The van der Waals surface area contributed by atoms with Crippen LogP contribution in [0.25, 0.3) is 0 Å². The lowest BCUT2D eigenvalue weighted by atomic mass is 9.97. The maximum atomic E-state index is 11.2. The largest absolute Gasteiger partial charge is 0.359 e. The Bertz CT molecular complexity index is 202. The summed E-state index contributed by atoms with van der Waals surface area (Å²) in [5, 5.41) is 6.06. The Hall–Kier alpha value is -0.610. The molecule has 0 aliphatic carbocycles. The molecule has 16 heavy (non-hydrogen) atoms. The molecule has 0 unspecified atom stereocenters. The molecule has 0 atom stereocenters. The van der Waals surface area contributed by atoms with Crippen molar-refractivity contribution in [3.8, 4) is 0 Å². The minimum Gasteiger partial charge on any atom is -0.359 e. The van der Waals surface area contributed by atoms with Crippen LogP contribution in [0.15, 0.2) is 0 Å². The van der Waals surface area contributed by atoms with Crippen LogP contribution in [0, 0.1) is 5.92 Å². The molecule has 1 saturated heterocycles. The van der Waals surface area contributed by atoms with Crippen LogP contribution in [-0.2, 0) is 4.79 Å². The lowest BCUT2D eigenvalue weighted by molar-refractivity contribution is -0.120. The van der Waals surface area contributed by atoms with E-state index in [1.54, 1.807) is 7.05 Å². The highest BCUT2D eigenvalue weighted by Crippen LogP contribution is 2.13. The number of nitrogens with one attached hydrogen (secondary N) is 2. The molecule has 94 valence electrons. The Balaban J connectivity index is 2.22. The van der Waals surface area contributed by atoms with E-state index in [1.165, 1.54) is 12.8 Å². The molecule has 0 aromatic carbocycles. The highest BCUT2D eigenvalue weighted by molar-refractivity contribution is 5.75. The zero-order valence-corrected chi connectivity index (χ0v) is 10.6. The van der Waals surface area contributed by atoms with Crippen LogP contribution >= 0.6 is 0 Å². The van der Waals surface area contributed by atoms with Crippen LogP contribution in [0.3, 0.4) is 0 Å². The number of nitrogens with zero attached hydrogens (tertiary/aromatic N) is 1. The molecule has 1 heterocycles. The third-order valence-electron chi connectivity index (χ3n) is 3.36. The van der Waals surface area contributed by atoms with Gasteiger partial charge in [-0.15, -0.1) is 0 Å². The van der Waals surface area contributed by atoms with Crippen molar-refractivity contribution in [3.63, 3.8) is 0 Å². The third kappa shape index (κ3) is 4.94. The molecule has 4 nitrogen and oxygen atoms in total. The Morgan fingerprint density at radius 2 is 2.12 bits per heavy atom. The second-order valence-corrected chi connectivity index (χ2v) is 4.51. The zero-order valence-electron chi connectivity index (χ0n) is 10.6. The SMILES string of the molecule is CCN(CCC(=O)NC)CC1CCNCC1. The predicted octanol–water partition coefficient (Wildman–Crippen LogP) is 0.444. The van der Waals surface area contributed by atoms with E-state index in [-0.39, 0.29) is 5.91 Å². The monoisotopic (exact) mass is 227 g/mol. The molecule has 0 saturated carbocycles. The van der Waals surface area contributed by atoms with Crippen LogP contribution in [0.2, 0.25) is 0 Å². The van der Waals surface area contributed by atoms with E-state index in [2.05, 4.69) is 22.5 Å². The number of carbonyl (C=O) groups is 1. The molecule has 0 radical (unpaired) electrons. The first-order chi connectivity index (χ1) is 7.76. The van der Waals surface area contributed by atoms with Gasteiger partial charge in [0.15, 0.2) is 0 Å². The highest BCUT2D eigenvalue weighted by atomic mass is 16.1. The second kappa shape index (κ2) is 7.63. The van der Waals surface area contributed by atoms with Crippen molar-refractivity contribution in [2.45, 2.75) is 26.2 Å². The van der Waals surface area contributed by atoms with Crippen LogP contribution in [-0.4, -0.2) is 50.6 Å². The van der Waals surface area contributed by atoms with Crippen molar-refractivity contribution >= 4 is 5.91 Å². The minimum absolute atomic E-state index is 0.142. The molecule has 1 aliphatic rings. The second-order valence-electron chi connectivity index (χ2n) is 4.51. The standard InChI is InChI=1S/C12H25N3O/c1-3-15(9-6-12(16)13-2)10-11-4-7-14-8-5-11/h11,14H,3-10H2,1-2H3,(H,13,16). The van der Waals surface area contributed by atoms with Crippen molar-refractivity contribution in [2.75, 3.05) is 39.8 Å². The Morgan fingerprint density at radius 1 is 1.44 bits per heavy atom. The summed E-state index contributed by atoms with van der Waals surface area (Å²) < 4.78 is 0. The molecule has 4 heteroatoms. The maximum Gasteiger partial charge on any atom is 0.221 e. The van der Waals surface area contributed by atoms with Gasteiger partial charge in [0.1, 0.15) is 0 Å². The van der Waals surface area contributed by atoms with E-state index >= 15 is 0 Å². The van der Waals surface area contributed by atoms with Gasteiger partial charge >= 0.3 is 0 Å². The maximum absolute atomic E-state index is 11.2. The fourth-order valence-electron chi connectivity index (χ4n) is 2.19. The molecule has 1 amide bonds. The Labute approximate surface area is 98.8 Å². The highest BCUT2D eigenvalue weighted by Gasteiger charge is 2.16. The Kier molecular flexibility index (Phi) is 6.42. The molecule has 1 aliphatic heterocycles. The summed E-state index contributed by atoms with van der Waals surface area (Å²) in [4.78, 5) is 13.6. The summed E-state index contributed by atoms with van der Waals surface area (Å²) in [6, 6.07) is 0. The first kappa shape index (κ1) is 13.5. The molecule has 1 fully saturated rings. The van der Waals surface area contributed by atoms with Gasteiger partial charge in [0.05, 0.1) is 0 Å². The number of piperidine rings is 1. The number of hydrogen-bond acceptors (Lipinski definition) is 3. The van der Waals surface area contributed by atoms with Gasteiger partial charge < -0.3 is 15.5 Å². The van der Waals surface area contributed by atoms with E-state index in [0.29, 0.717) is 6.42 Å². The normalized spacial score (nSPS) is 17.7. The molecular weight excluding hydrogens is 202 g/mol. The lowest BCUT2D eigenvalue weighted by Gasteiger charge is -2.29.